The Bertz CT molecular complexity index is 919. The maximum absolute atomic E-state index is 13.0. The maximum Gasteiger partial charge on any atom is 0.406 e. The predicted octanol–water partition coefficient (Wildman–Crippen LogP) is 4.52. The van der Waals surface area contributed by atoms with Gasteiger partial charge in [-0.2, -0.15) is 13.2 Å². The van der Waals surface area contributed by atoms with Crippen LogP contribution in [0.4, 0.5) is 13.2 Å². The Balaban J connectivity index is 2.34. The molecular weight excluding hydrogens is 364 g/mol. The van der Waals surface area contributed by atoms with Gasteiger partial charge in [0, 0.05) is 11.9 Å². The summed E-state index contributed by atoms with van der Waals surface area (Å²) in [6, 6.07) is 5.24. The zero-order chi connectivity index (χ0) is 17.6. The largest absolute Gasteiger partial charge is 0.406 e. The lowest BCUT2D eigenvalue weighted by molar-refractivity contribution is -0.139. The third-order valence-electron chi connectivity index (χ3n) is 3.53. The van der Waals surface area contributed by atoms with Gasteiger partial charge in [-0.15, -0.1) is 0 Å². The molecule has 4 nitrogen and oxygen atoms in total. The van der Waals surface area contributed by atoms with E-state index in [9.17, 15) is 13.2 Å². The molecule has 0 radical (unpaired) electrons. The average molecular weight is 377 g/mol. The Morgan fingerprint density at radius 3 is 2.50 bits per heavy atom. The molecule has 2 aromatic heterocycles. The second kappa shape index (κ2) is 6.06. The molecule has 3 aromatic rings. The van der Waals surface area contributed by atoms with Gasteiger partial charge in [0.2, 0.25) is 5.28 Å². The van der Waals surface area contributed by atoms with E-state index in [4.69, 9.17) is 23.2 Å². The lowest BCUT2D eigenvalue weighted by atomic mass is 10.1. The van der Waals surface area contributed by atoms with Gasteiger partial charge in [0.1, 0.15) is 17.6 Å². The zero-order valence-electron chi connectivity index (χ0n) is 12.8. The van der Waals surface area contributed by atoms with E-state index in [-0.39, 0.29) is 16.0 Å². The molecule has 9 heteroatoms. The van der Waals surface area contributed by atoms with Crippen molar-refractivity contribution >= 4 is 45.1 Å². The summed E-state index contributed by atoms with van der Waals surface area (Å²) in [7, 11) is 3.82. The van der Waals surface area contributed by atoms with Crippen molar-refractivity contribution in [3.8, 4) is 0 Å². The summed E-state index contributed by atoms with van der Waals surface area (Å²) in [6.07, 6.45) is -4.40. The van der Waals surface area contributed by atoms with Gasteiger partial charge in [0.25, 0.3) is 0 Å². The van der Waals surface area contributed by atoms with Crippen molar-refractivity contribution in [2.45, 2.75) is 19.3 Å². The fourth-order valence-corrected chi connectivity index (χ4v) is 3.25. The van der Waals surface area contributed by atoms with E-state index in [1.54, 1.807) is 12.1 Å². The maximum atomic E-state index is 13.0. The summed E-state index contributed by atoms with van der Waals surface area (Å²) in [5.74, 6) is 0. The normalized spacial score (nSPS) is 12.7. The molecule has 0 saturated heterocycles. The fourth-order valence-electron chi connectivity index (χ4n) is 2.76. The molecule has 3 rings (SSSR count). The van der Waals surface area contributed by atoms with E-state index in [0.717, 1.165) is 10.1 Å². The molecular formula is C15H13Cl2F3N4. The predicted molar refractivity (Wildman–Crippen MR) is 88.5 cm³/mol. The molecule has 0 fully saturated rings. The van der Waals surface area contributed by atoms with E-state index >= 15 is 0 Å². The Morgan fingerprint density at radius 2 is 1.88 bits per heavy atom. The standard InChI is InChI=1S/C15H13Cl2F3N4/c1-23(2)6-8-3-4-10-9(5-8)11-12(13(16)22-14(17)21-11)24(10)7-15(18,19)20/h3-5H,6-7H2,1-2H3. The molecule has 0 atom stereocenters. The third kappa shape index (κ3) is 3.29. The van der Waals surface area contributed by atoms with E-state index in [0.29, 0.717) is 23.0 Å². The average Bonchev–Trinajstić information content (AvgIpc) is 2.70. The second-order valence-electron chi connectivity index (χ2n) is 5.77. The highest BCUT2D eigenvalue weighted by Crippen LogP contribution is 2.35. The number of nitrogens with zero attached hydrogens (tertiary/aromatic N) is 4. The number of hydrogen-bond acceptors (Lipinski definition) is 3. The number of halogens is 5. The number of rotatable bonds is 3. The van der Waals surface area contributed by atoms with Crippen LogP contribution in [0, 0.1) is 0 Å². The van der Waals surface area contributed by atoms with E-state index in [1.807, 2.05) is 25.1 Å². The van der Waals surface area contributed by atoms with Gasteiger partial charge in [-0.3, -0.25) is 0 Å². The van der Waals surface area contributed by atoms with Gasteiger partial charge in [-0.25, -0.2) is 9.97 Å². The monoisotopic (exact) mass is 376 g/mol. The van der Waals surface area contributed by atoms with Crippen LogP contribution in [0.25, 0.3) is 21.9 Å². The minimum atomic E-state index is -4.40. The topological polar surface area (TPSA) is 34.0 Å². The van der Waals surface area contributed by atoms with Crippen LogP contribution in [-0.4, -0.2) is 39.7 Å². The number of alkyl halides is 3. The molecule has 0 saturated carbocycles. The zero-order valence-corrected chi connectivity index (χ0v) is 14.3. The highest BCUT2D eigenvalue weighted by Gasteiger charge is 2.31. The van der Waals surface area contributed by atoms with Gasteiger partial charge < -0.3 is 9.47 Å². The first-order chi connectivity index (χ1) is 11.2. The van der Waals surface area contributed by atoms with Crippen molar-refractivity contribution in [2.75, 3.05) is 14.1 Å². The second-order valence-corrected chi connectivity index (χ2v) is 6.47. The van der Waals surface area contributed by atoms with Gasteiger partial charge in [-0.05, 0) is 43.4 Å². The van der Waals surface area contributed by atoms with Gasteiger partial charge >= 0.3 is 6.18 Å². The molecule has 0 spiro atoms. The van der Waals surface area contributed by atoms with Crippen molar-refractivity contribution in [1.82, 2.24) is 19.4 Å². The van der Waals surface area contributed by atoms with Gasteiger partial charge in [0.15, 0.2) is 5.15 Å². The Kier molecular flexibility index (Phi) is 4.36. The van der Waals surface area contributed by atoms with E-state index in [1.165, 1.54) is 0 Å². The summed E-state index contributed by atoms with van der Waals surface area (Å²) in [4.78, 5) is 9.85. The van der Waals surface area contributed by atoms with E-state index in [2.05, 4.69) is 9.97 Å². The van der Waals surface area contributed by atoms with Crippen LogP contribution >= 0.6 is 23.2 Å². The summed E-state index contributed by atoms with van der Waals surface area (Å²) >= 11 is 11.9. The highest BCUT2D eigenvalue weighted by molar-refractivity contribution is 6.36. The van der Waals surface area contributed by atoms with Gasteiger partial charge in [0.05, 0.1) is 5.52 Å². The van der Waals surface area contributed by atoms with Crippen molar-refractivity contribution < 1.29 is 13.2 Å². The van der Waals surface area contributed by atoms with Crippen molar-refractivity contribution in [1.29, 1.82) is 0 Å². The van der Waals surface area contributed by atoms with Crippen molar-refractivity contribution in [3.05, 3.63) is 34.2 Å². The lowest BCUT2D eigenvalue weighted by Gasteiger charge is -2.12. The summed E-state index contributed by atoms with van der Waals surface area (Å²) in [6.45, 7) is -0.529. The van der Waals surface area contributed by atoms with Crippen LogP contribution in [0.2, 0.25) is 10.4 Å². The van der Waals surface area contributed by atoms with Crippen LogP contribution in [0.5, 0.6) is 0 Å². The third-order valence-corrected chi connectivity index (χ3v) is 3.96. The van der Waals surface area contributed by atoms with Crippen LogP contribution in [0.1, 0.15) is 5.56 Å². The molecule has 0 aliphatic carbocycles. The molecule has 0 amide bonds. The molecule has 0 bridgehead atoms. The molecule has 1 aromatic carbocycles. The highest BCUT2D eigenvalue weighted by atomic mass is 35.5. The van der Waals surface area contributed by atoms with Crippen molar-refractivity contribution in [2.24, 2.45) is 0 Å². The quantitative estimate of drug-likeness (QED) is 0.497. The number of aromatic nitrogens is 3. The Labute approximate surface area is 145 Å². The smallest absolute Gasteiger partial charge is 0.327 e. The summed E-state index contributed by atoms with van der Waals surface area (Å²) < 4.78 is 40.1. The summed E-state index contributed by atoms with van der Waals surface area (Å²) in [5, 5.41) is 0.371. The lowest BCUT2D eigenvalue weighted by Crippen LogP contribution is -2.17. The molecule has 0 unspecified atom stereocenters. The first-order valence-corrected chi connectivity index (χ1v) is 7.76. The summed E-state index contributed by atoms with van der Waals surface area (Å²) in [5.41, 5.74) is 1.79. The minimum Gasteiger partial charge on any atom is -0.327 e. The Morgan fingerprint density at radius 1 is 1.17 bits per heavy atom. The molecule has 128 valence electrons. The SMILES string of the molecule is CN(C)Cc1ccc2c(c1)c1nc(Cl)nc(Cl)c1n2CC(F)(F)F. The van der Waals surface area contributed by atoms with Crippen LogP contribution in [-0.2, 0) is 13.1 Å². The number of fused-ring (bicyclic) bond motifs is 3. The van der Waals surface area contributed by atoms with Crippen molar-refractivity contribution in [3.63, 3.8) is 0 Å². The molecule has 24 heavy (non-hydrogen) atoms. The van der Waals surface area contributed by atoms with Crippen LogP contribution in [0.3, 0.4) is 0 Å². The van der Waals surface area contributed by atoms with Crippen LogP contribution < -0.4 is 0 Å². The molecule has 0 N–H and O–H groups in total. The van der Waals surface area contributed by atoms with Gasteiger partial charge in [-0.1, -0.05) is 17.7 Å². The number of hydrogen-bond donors (Lipinski definition) is 0. The molecule has 0 aliphatic rings. The molecule has 2 heterocycles. The first kappa shape index (κ1) is 17.3. The van der Waals surface area contributed by atoms with E-state index < -0.39 is 12.7 Å². The first-order valence-electron chi connectivity index (χ1n) is 7.01. The Hall–Kier alpha value is -1.57. The minimum absolute atomic E-state index is 0.0976. The fraction of sp³-hybridized carbons (Fsp3) is 0.333. The molecule has 0 aliphatic heterocycles. The van der Waals surface area contributed by atoms with Crippen LogP contribution in [0.15, 0.2) is 18.2 Å². The number of benzene rings is 1.